The predicted molar refractivity (Wildman–Crippen MR) is 115 cm³/mol. The summed E-state index contributed by atoms with van der Waals surface area (Å²) in [6, 6.07) is 6.92. The molecule has 1 aromatic heterocycles. The Morgan fingerprint density at radius 3 is 2.45 bits per heavy atom. The van der Waals surface area contributed by atoms with Crippen molar-refractivity contribution in [3.63, 3.8) is 0 Å². The summed E-state index contributed by atoms with van der Waals surface area (Å²) in [6.07, 6.45) is 2.97. The lowest BCUT2D eigenvalue weighted by Gasteiger charge is -2.29. The molecule has 7 nitrogen and oxygen atoms in total. The quantitative estimate of drug-likeness (QED) is 0.606. The molecule has 2 aromatic carbocycles. The van der Waals surface area contributed by atoms with Gasteiger partial charge in [0.25, 0.3) is 6.29 Å². The van der Waals surface area contributed by atoms with E-state index in [1.54, 1.807) is 24.3 Å². The van der Waals surface area contributed by atoms with Gasteiger partial charge in [-0.25, -0.2) is 0 Å². The number of hydrogen-bond donors (Lipinski definition) is 0. The van der Waals surface area contributed by atoms with Crippen LogP contribution in [0.3, 0.4) is 0 Å². The van der Waals surface area contributed by atoms with Gasteiger partial charge in [0, 0.05) is 18.7 Å². The summed E-state index contributed by atoms with van der Waals surface area (Å²) in [6.45, 7) is 3.93. The van der Waals surface area contributed by atoms with Crippen LogP contribution in [0, 0.1) is 0 Å². The number of hydrogen-bond acceptors (Lipinski definition) is 7. The Balaban J connectivity index is 1.82. The Morgan fingerprint density at radius 1 is 1.00 bits per heavy atom. The van der Waals surface area contributed by atoms with E-state index in [-0.39, 0.29) is 5.43 Å². The molecule has 3 heterocycles. The lowest BCUT2D eigenvalue weighted by Crippen LogP contribution is -2.27. The number of benzene rings is 2. The zero-order chi connectivity index (χ0) is 21.9. The Labute approximate surface area is 178 Å². The fraction of sp³-hybridized carbons (Fsp3) is 0.292. The zero-order valence-corrected chi connectivity index (χ0v) is 17.9. The van der Waals surface area contributed by atoms with Crippen LogP contribution in [-0.2, 0) is 4.74 Å². The van der Waals surface area contributed by atoms with Crippen LogP contribution in [0.2, 0.25) is 0 Å². The van der Waals surface area contributed by atoms with Crippen LogP contribution < -0.4 is 24.4 Å². The largest absolute Gasteiger partial charge is 0.493 e. The molecule has 0 N–H and O–H groups in total. The molecule has 0 aliphatic carbocycles. The van der Waals surface area contributed by atoms with Gasteiger partial charge in [-0.2, -0.15) is 0 Å². The molecule has 3 aromatic rings. The van der Waals surface area contributed by atoms with Gasteiger partial charge in [0.1, 0.15) is 22.7 Å². The van der Waals surface area contributed by atoms with E-state index in [0.29, 0.717) is 56.4 Å². The average molecular weight is 422 g/mol. The molecule has 160 valence electrons. The summed E-state index contributed by atoms with van der Waals surface area (Å²) in [5.41, 5.74) is 1.45. The minimum Gasteiger partial charge on any atom is -0.493 e. The normalized spacial score (nSPS) is 17.8. The predicted octanol–water partition coefficient (Wildman–Crippen LogP) is 4.70. The second-order valence-corrected chi connectivity index (χ2v) is 7.95. The van der Waals surface area contributed by atoms with Gasteiger partial charge in [-0.3, -0.25) is 4.79 Å². The second kappa shape index (κ2) is 6.78. The Bertz CT molecular complexity index is 1300. The summed E-state index contributed by atoms with van der Waals surface area (Å²) < 4.78 is 34.6. The third-order valence-electron chi connectivity index (χ3n) is 5.53. The standard InChI is InChI=1S/C24H22O7/c1-24(2)9-8-12-15(31-24)7-6-13-20(25)19-14-10-17(26-3)18(27-4)11-16(14)29-23(28-5)22(19)30-21(12)13/h6-11,23H,1-5H3. The van der Waals surface area contributed by atoms with Crippen LogP contribution in [0.25, 0.3) is 28.2 Å². The molecule has 5 rings (SSSR count). The molecule has 0 spiro atoms. The summed E-state index contributed by atoms with van der Waals surface area (Å²) in [7, 11) is 4.57. The van der Waals surface area contributed by atoms with E-state index in [0.717, 1.165) is 0 Å². The molecule has 1 unspecified atom stereocenters. The average Bonchev–Trinajstić information content (AvgIpc) is 2.76. The smallest absolute Gasteiger partial charge is 0.259 e. The Morgan fingerprint density at radius 2 is 1.74 bits per heavy atom. The molecule has 1 atom stereocenters. The van der Waals surface area contributed by atoms with Gasteiger partial charge < -0.3 is 28.1 Å². The maximum absolute atomic E-state index is 13.7. The first-order valence-corrected chi connectivity index (χ1v) is 9.84. The molecule has 0 amide bonds. The van der Waals surface area contributed by atoms with Crippen molar-refractivity contribution < 1.29 is 28.1 Å². The van der Waals surface area contributed by atoms with Crippen molar-refractivity contribution >= 4 is 17.0 Å². The topological polar surface area (TPSA) is 76.4 Å². The molecule has 0 radical (unpaired) electrons. The minimum absolute atomic E-state index is 0.184. The molecule has 0 saturated heterocycles. The molecule has 31 heavy (non-hydrogen) atoms. The molecule has 2 aliphatic rings. The number of rotatable bonds is 3. The highest BCUT2D eigenvalue weighted by molar-refractivity contribution is 5.93. The minimum atomic E-state index is -0.890. The molecule has 0 fully saturated rings. The van der Waals surface area contributed by atoms with Crippen LogP contribution in [-0.4, -0.2) is 26.9 Å². The van der Waals surface area contributed by atoms with E-state index in [1.807, 2.05) is 26.0 Å². The van der Waals surface area contributed by atoms with Crippen molar-refractivity contribution in [3.8, 4) is 34.1 Å². The fourth-order valence-corrected chi connectivity index (χ4v) is 4.02. The third kappa shape index (κ3) is 2.88. The zero-order valence-electron chi connectivity index (χ0n) is 17.9. The number of ether oxygens (including phenoxy) is 5. The third-order valence-corrected chi connectivity index (χ3v) is 5.53. The first kappa shape index (κ1) is 19.5. The van der Waals surface area contributed by atoms with Crippen LogP contribution >= 0.6 is 0 Å². The molecule has 0 bridgehead atoms. The van der Waals surface area contributed by atoms with Crippen molar-refractivity contribution in [2.24, 2.45) is 0 Å². The van der Waals surface area contributed by atoms with Crippen molar-refractivity contribution in [3.05, 3.63) is 51.9 Å². The van der Waals surface area contributed by atoms with Crippen LogP contribution in [0.5, 0.6) is 23.0 Å². The van der Waals surface area contributed by atoms with Gasteiger partial charge >= 0.3 is 0 Å². The number of methoxy groups -OCH3 is 3. The lowest BCUT2D eigenvalue weighted by atomic mass is 9.96. The highest BCUT2D eigenvalue weighted by atomic mass is 16.7. The summed E-state index contributed by atoms with van der Waals surface area (Å²) >= 11 is 0. The van der Waals surface area contributed by atoms with Crippen molar-refractivity contribution in [2.45, 2.75) is 25.7 Å². The van der Waals surface area contributed by atoms with Gasteiger partial charge in [0.05, 0.1) is 30.7 Å². The molecule has 7 heteroatoms. The maximum Gasteiger partial charge on any atom is 0.259 e. The van der Waals surface area contributed by atoms with E-state index >= 15 is 0 Å². The van der Waals surface area contributed by atoms with Crippen molar-refractivity contribution in [2.75, 3.05) is 21.3 Å². The molecular formula is C24H22O7. The second-order valence-electron chi connectivity index (χ2n) is 7.95. The van der Waals surface area contributed by atoms with Crippen molar-refractivity contribution in [1.29, 1.82) is 0 Å². The van der Waals surface area contributed by atoms with Gasteiger partial charge in [-0.15, -0.1) is 0 Å². The van der Waals surface area contributed by atoms with Crippen LogP contribution in [0.4, 0.5) is 0 Å². The molecule has 0 saturated carbocycles. The highest BCUT2D eigenvalue weighted by Gasteiger charge is 2.34. The van der Waals surface area contributed by atoms with Crippen LogP contribution in [0.1, 0.15) is 31.5 Å². The van der Waals surface area contributed by atoms with E-state index in [9.17, 15) is 4.79 Å². The van der Waals surface area contributed by atoms with Gasteiger partial charge in [-0.05, 0) is 44.2 Å². The Hall–Kier alpha value is -3.45. The Kier molecular flexibility index (Phi) is 4.27. The fourth-order valence-electron chi connectivity index (χ4n) is 4.02. The first-order chi connectivity index (χ1) is 14.9. The summed E-state index contributed by atoms with van der Waals surface area (Å²) in [5.74, 6) is 2.37. The summed E-state index contributed by atoms with van der Waals surface area (Å²) in [5, 5.41) is 0.447. The first-order valence-electron chi connectivity index (χ1n) is 9.84. The number of fused-ring (bicyclic) bond motifs is 6. The maximum atomic E-state index is 13.7. The van der Waals surface area contributed by atoms with Gasteiger partial charge in [-0.1, -0.05) is 0 Å². The monoisotopic (exact) mass is 422 g/mol. The van der Waals surface area contributed by atoms with E-state index in [4.69, 9.17) is 28.1 Å². The highest BCUT2D eigenvalue weighted by Crippen LogP contribution is 2.47. The van der Waals surface area contributed by atoms with E-state index in [2.05, 4.69) is 0 Å². The summed E-state index contributed by atoms with van der Waals surface area (Å²) in [4.78, 5) is 13.7. The molecule has 2 aliphatic heterocycles. The van der Waals surface area contributed by atoms with Crippen molar-refractivity contribution in [1.82, 2.24) is 0 Å². The van der Waals surface area contributed by atoms with E-state index in [1.165, 1.54) is 21.3 Å². The SMILES string of the molecule is COc1cc2c(cc1OC)-c1c(oc3c4c(ccc3c1=O)OC(C)(C)C=C4)C(OC)O2. The lowest BCUT2D eigenvalue weighted by molar-refractivity contribution is -0.0717. The van der Waals surface area contributed by atoms with Crippen LogP contribution in [0.15, 0.2) is 39.6 Å². The van der Waals surface area contributed by atoms with Gasteiger partial charge in [0.15, 0.2) is 17.3 Å². The van der Waals surface area contributed by atoms with E-state index < -0.39 is 11.9 Å². The molecular weight excluding hydrogens is 400 g/mol. The van der Waals surface area contributed by atoms with Gasteiger partial charge in [0.2, 0.25) is 5.43 Å².